The van der Waals surface area contributed by atoms with Crippen LogP contribution in [0.1, 0.15) is 39.5 Å². The summed E-state index contributed by atoms with van der Waals surface area (Å²) in [5, 5.41) is 0. The molecule has 20 heavy (non-hydrogen) atoms. The van der Waals surface area contributed by atoms with E-state index in [0.29, 0.717) is 17.9 Å². The van der Waals surface area contributed by atoms with Crippen LogP contribution in [-0.4, -0.2) is 12.4 Å². The van der Waals surface area contributed by atoms with E-state index in [1.807, 2.05) is 51.1 Å². The molecule has 0 atom stereocenters. The number of ether oxygens (including phenoxy) is 1. The van der Waals surface area contributed by atoms with Gasteiger partial charge in [0.1, 0.15) is 5.75 Å². The van der Waals surface area contributed by atoms with E-state index in [1.54, 1.807) is 0 Å². The Balaban J connectivity index is 2.49. The summed E-state index contributed by atoms with van der Waals surface area (Å²) < 4.78 is 5.55. The second-order valence-electron chi connectivity index (χ2n) is 5.01. The van der Waals surface area contributed by atoms with Gasteiger partial charge in [-0.2, -0.15) is 0 Å². The van der Waals surface area contributed by atoms with Crippen molar-refractivity contribution in [2.24, 2.45) is 0 Å². The molecule has 0 aliphatic heterocycles. The van der Waals surface area contributed by atoms with Crippen LogP contribution in [0, 0.1) is 20.8 Å². The van der Waals surface area contributed by atoms with Gasteiger partial charge in [0, 0.05) is 5.56 Å². The molecule has 2 aromatic rings. The van der Waals surface area contributed by atoms with Crippen molar-refractivity contribution in [2.45, 2.75) is 27.7 Å². The maximum atomic E-state index is 12.7. The highest BCUT2D eigenvalue weighted by Crippen LogP contribution is 2.24. The molecule has 0 unspecified atom stereocenters. The molecule has 2 heteroatoms. The number of aryl methyl sites for hydroxylation is 3. The van der Waals surface area contributed by atoms with E-state index in [-0.39, 0.29) is 5.78 Å². The molecule has 0 aromatic heterocycles. The Hall–Kier alpha value is -2.09. The molecule has 0 N–H and O–H groups in total. The van der Waals surface area contributed by atoms with Crippen LogP contribution in [0.4, 0.5) is 0 Å². The largest absolute Gasteiger partial charge is 0.493 e. The topological polar surface area (TPSA) is 26.3 Å². The molecule has 0 fully saturated rings. The second kappa shape index (κ2) is 5.91. The predicted octanol–water partition coefficient (Wildman–Crippen LogP) is 4.24. The van der Waals surface area contributed by atoms with Crippen LogP contribution in [0.3, 0.4) is 0 Å². The summed E-state index contributed by atoms with van der Waals surface area (Å²) in [6.07, 6.45) is 0. The fourth-order valence-corrected chi connectivity index (χ4v) is 2.29. The van der Waals surface area contributed by atoms with Gasteiger partial charge in [0.2, 0.25) is 0 Å². The van der Waals surface area contributed by atoms with Crippen LogP contribution in [0.2, 0.25) is 0 Å². The number of hydrogen-bond donors (Lipinski definition) is 0. The number of para-hydroxylation sites is 1. The lowest BCUT2D eigenvalue weighted by molar-refractivity contribution is 0.103. The van der Waals surface area contributed by atoms with E-state index in [4.69, 9.17) is 4.74 Å². The van der Waals surface area contributed by atoms with Crippen LogP contribution in [-0.2, 0) is 0 Å². The molecule has 0 amide bonds. The summed E-state index contributed by atoms with van der Waals surface area (Å²) in [6.45, 7) is 8.53. The zero-order chi connectivity index (χ0) is 14.7. The van der Waals surface area contributed by atoms with E-state index in [0.717, 1.165) is 16.7 Å². The van der Waals surface area contributed by atoms with E-state index < -0.39 is 0 Å². The average molecular weight is 268 g/mol. The highest BCUT2D eigenvalue weighted by molar-refractivity contribution is 6.11. The summed E-state index contributed by atoms with van der Waals surface area (Å²) in [7, 11) is 0. The molecule has 2 rings (SSSR count). The molecule has 0 aliphatic rings. The standard InChI is InChI=1S/C18H20O2/c1-5-20-17-9-7-6-8-15(17)18(19)16-11-13(3)12(2)10-14(16)4/h6-11H,5H2,1-4H3. The molecule has 2 nitrogen and oxygen atoms in total. The van der Waals surface area contributed by atoms with Crippen LogP contribution in [0.25, 0.3) is 0 Å². The van der Waals surface area contributed by atoms with Gasteiger partial charge in [-0.05, 0) is 62.6 Å². The molecule has 0 bridgehead atoms. The smallest absolute Gasteiger partial charge is 0.197 e. The Kier molecular flexibility index (Phi) is 4.23. The number of benzene rings is 2. The molecule has 104 valence electrons. The number of carbonyl (C=O) groups excluding carboxylic acids is 1. The average Bonchev–Trinajstić information content (AvgIpc) is 2.43. The third-order valence-corrected chi connectivity index (χ3v) is 3.52. The van der Waals surface area contributed by atoms with Gasteiger partial charge in [0.15, 0.2) is 5.78 Å². The lowest BCUT2D eigenvalue weighted by atomic mass is 9.94. The van der Waals surface area contributed by atoms with Crippen LogP contribution in [0.5, 0.6) is 5.75 Å². The number of hydrogen-bond acceptors (Lipinski definition) is 2. The van der Waals surface area contributed by atoms with E-state index in [2.05, 4.69) is 13.0 Å². The summed E-state index contributed by atoms with van der Waals surface area (Å²) in [5.74, 6) is 0.673. The Bertz CT molecular complexity index is 642. The predicted molar refractivity (Wildman–Crippen MR) is 81.7 cm³/mol. The minimum Gasteiger partial charge on any atom is -0.493 e. The summed E-state index contributed by atoms with van der Waals surface area (Å²) in [4.78, 5) is 12.7. The van der Waals surface area contributed by atoms with Crippen molar-refractivity contribution in [3.05, 3.63) is 64.2 Å². The number of ketones is 1. The Labute approximate surface area is 120 Å². The van der Waals surface area contributed by atoms with Gasteiger partial charge >= 0.3 is 0 Å². The number of rotatable bonds is 4. The van der Waals surface area contributed by atoms with Gasteiger partial charge in [-0.3, -0.25) is 4.79 Å². The quantitative estimate of drug-likeness (QED) is 0.775. The summed E-state index contributed by atoms with van der Waals surface area (Å²) in [5.41, 5.74) is 4.72. The Morgan fingerprint density at radius 3 is 2.30 bits per heavy atom. The normalized spacial score (nSPS) is 10.4. The van der Waals surface area contributed by atoms with Crippen LogP contribution >= 0.6 is 0 Å². The van der Waals surface area contributed by atoms with E-state index >= 15 is 0 Å². The summed E-state index contributed by atoms with van der Waals surface area (Å²) >= 11 is 0. The minimum absolute atomic E-state index is 0.0228. The van der Waals surface area contributed by atoms with Gasteiger partial charge in [0.05, 0.1) is 12.2 Å². The molecule has 0 saturated heterocycles. The molecular weight excluding hydrogens is 248 g/mol. The lowest BCUT2D eigenvalue weighted by Gasteiger charge is -2.12. The van der Waals surface area contributed by atoms with Gasteiger partial charge < -0.3 is 4.74 Å². The highest BCUT2D eigenvalue weighted by atomic mass is 16.5. The maximum absolute atomic E-state index is 12.7. The highest BCUT2D eigenvalue weighted by Gasteiger charge is 2.16. The third kappa shape index (κ3) is 2.74. The molecule has 0 radical (unpaired) electrons. The van der Waals surface area contributed by atoms with E-state index in [1.165, 1.54) is 5.56 Å². The zero-order valence-electron chi connectivity index (χ0n) is 12.5. The van der Waals surface area contributed by atoms with Crippen molar-refractivity contribution in [3.8, 4) is 5.75 Å². The van der Waals surface area contributed by atoms with Crippen molar-refractivity contribution in [1.82, 2.24) is 0 Å². The van der Waals surface area contributed by atoms with Crippen LogP contribution < -0.4 is 4.74 Å². The maximum Gasteiger partial charge on any atom is 0.197 e. The van der Waals surface area contributed by atoms with Crippen molar-refractivity contribution in [1.29, 1.82) is 0 Å². The fraction of sp³-hybridized carbons (Fsp3) is 0.278. The summed E-state index contributed by atoms with van der Waals surface area (Å²) in [6, 6.07) is 11.4. The molecule has 0 heterocycles. The van der Waals surface area contributed by atoms with Crippen molar-refractivity contribution < 1.29 is 9.53 Å². The first-order valence-corrected chi connectivity index (χ1v) is 6.89. The fourth-order valence-electron chi connectivity index (χ4n) is 2.29. The van der Waals surface area contributed by atoms with Crippen molar-refractivity contribution in [3.63, 3.8) is 0 Å². The molecule has 0 spiro atoms. The molecule has 2 aromatic carbocycles. The van der Waals surface area contributed by atoms with Gasteiger partial charge in [-0.25, -0.2) is 0 Å². The zero-order valence-corrected chi connectivity index (χ0v) is 12.5. The van der Waals surface area contributed by atoms with Gasteiger partial charge in [-0.1, -0.05) is 18.2 Å². The SMILES string of the molecule is CCOc1ccccc1C(=O)c1cc(C)c(C)cc1C. The third-order valence-electron chi connectivity index (χ3n) is 3.52. The molecule has 0 aliphatic carbocycles. The number of carbonyl (C=O) groups is 1. The first kappa shape index (κ1) is 14.3. The Morgan fingerprint density at radius 2 is 1.60 bits per heavy atom. The Morgan fingerprint density at radius 1 is 0.950 bits per heavy atom. The molecule has 0 saturated carbocycles. The van der Waals surface area contributed by atoms with Gasteiger partial charge in [0.25, 0.3) is 0 Å². The first-order chi connectivity index (χ1) is 9.54. The molecular formula is C18H20O2. The first-order valence-electron chi connectivity index (χ1n) is 6.89. The van der Waals surface area contributed by atoms with Crippen molar-refractivity contribution in [2.75, 3.05) is 6.61 Å². The van der Waals surface area contributed by atoms with Gasteiger partial charge in [-0.15, -0.1) is 0 Å². The van der Waals surface area contributed by atoms with Crippen LogP contribution in [0.15, 0.2) is 36.4 Å². The monoisotopic (exact) mass is 268 g/mol. The second-order valence-corrected chi connectivity index (χ2v) is 5.01. The minimum atomic E-state index is 0.0228. The van der Waals surface area contributed by atoms with E-state index in [9.17, 15) is 4.79 Å². The lowest BCUT2D eigenvalue weighted by Crippen LogP contribution is -2.07. The van der Waals surface area contributed by atoms with Crippen molar-refractivity contribution >= 4 is 5.78 Å².